The number of hydrogen-bond donors (Lipinski definition) is 4. The van der Waals surface area contributed by atoms with Crippen LogP contribution in [0.3, 0.4) is 0 Å². The molecule has 1 aromatic carbocycles. The first-order valence-electron chi connectivity index (χ1n) is 5.77. The fourth-order valence-corrected chi connectivity index (χ4v) is 0.813. The van der Waals surface area contributed by atoms with E-state index in [-0.39, 0.29) is 0 Å². The van der Waals surface area contributed by atoms with Crippen molar-refractivity contribution < 1.29 is 4.79 Å². The second-order valence-electron chi connectivity index (χ2n) is 2.94. The summed E-state index contributed by atoms with van der Waals surface area (Å²) in [6.07, 6.45) is 3.38. The van der Waals surface area contributed by atoms with Crippen LogP contribution in [-0.4, -0.2) is 20.4 Å². The lowest BCUT2D eigenvalue weighted by molar-refractivity contribution is -0.104. The van der Waals surface area contributed by atoms with Gasteiger partial charge in [0.15, 0.2) is 0 Å². The zero-order chi connectivity index (χ0) is 16.4. The molecule has 0 heterocycles. The Morgan fingerprint density at radius 2 is 1.65 bits per heavy atom. The lowest BCUT2D eigenvalue weighted by Crippen LogP contribution is -1.88. The topological polar surface area (TPSA) is 107 Å². The molecule has 0 bridgehead atoms. The molecule has 5 heteroatoms. The SMILES string of the molecule is C=C.C=C(N)/C=C\C=O.CN.CNc1ccc(N)cc1. The van der Waals surface area contributed by atoms with Crippen molar-refractivity contribution >= 4 is 17.7 Å². The molecule has 5 nitrogen and oxygen atoms in total. The number of rotatable bonds is 3. The zero-order valence-electron chi connectivity index (χ0n) is 12.3. The molecule has 0 aliphatic carbocycles. The van der Waals surface area contributed by atoms with Crippen molar-refractivity contribution in [3.05, 3.63) is 61.9 Å². The first kappa shape index (κ1) is 22.6. The Morgan fingerprint density at radius 3 is 1.90 bits per heavy atom. The molecule has 1 rings (SSSR count). The minimum atomic E-state index is 0.395. The van der Waals surface area contributed by atoms with Crippen molar-refractivity contribution in [3.63, 3.8) is 0 Å². The van der Waals surface area contributed by atoms with Gasteiger partial charge in [-0.3, -0.25) is 4.79 Å². The van der Waals surface area contributed by atoms with E-state index in [0.29, 0.717) is 12.0 Å². The van der Waals surface area contributed by atoms with Gasteiger partial charge < -0.3 is 22.5 Å². The maximum atomic E-state index is 9.53. The van der Waals surface area contributed by atoms with Gasteiger partial charge in [-0.2, -0.15) is 0 Å². The van der Waals surface area contributed by atoms with Crippen molar-refractivity contribution in [2.75, 3.05) is 25.1 Å². The van der Waals surface area contributed by atoms with Crippen LogP contribution in [0.25, 0.3) is 0 Å². The molecular weight excluding hydrogens is 252 g/mol. The number of anilines is 2. The van der Waals surface area contributed by atoms with Crippen LogP contribution >= 0.6 is 0 Å². The van der Waals surface area contributed by atoms with E-state index in [2.05, 4.69) is 30.8 Å². The summed E-state index contributed by atoms with van der Waals surface area (Å²) in [5, 5.41) is 3.00. The van der Waals surface area contributed by atoms with E-state index >= 15 is 0 Å². The Hall–Kier alpha value is -2.53. The number of nitrogens with one attached hydrogen (secondary N) is 1. The van der Waals surface area contributed by atoms with Gasteiger partial charge in [-0.15, -0.1) is 13.2 Å². The van der Waals surface area contributed by atoms with E-state index < -0.39 is 0 Å². The number of hydrogen-bond acceptors (Lipinski definition) is 5. The summed E-state index contributed by atoms with van der Waals surface area (Å²) in [6, 6.07) is 7.61. The predicted octanol–water partition coefficient (Wildman–Crippen LogP) is 1.90. The second-order valence-corrected chi connectivity index (χ2v) is 2.94. The molecule has 0 atom stereocenters. The van der Waals surface area contributed by atoms with Gasteiger partial charge in [0.25, 0.3) is 0 Å². The first-order valence-corrected chi connectivity index (χ1v) is 5.77. The van der Waals surface area contributed by atoms with Gasteiger partial charge in [0.05, 0.1) is 0 Å². The van der Waals surface area contributed by atoms with Crippen LogP contribution in [0.5, 0.6) is 0 Å². The molecule has 0 radical (unpaired) electrons. The van der Waals surface area contributed by atoms with E-state index in [4.69, 9.17) is 11.5 Å². The van der Waals surface area contributed by atoms with Crippen molar-refractivity contribution in [2.45, 2.75) is 0 Å². The molecular formula is C15H26N4O. The molecule has 0 saturated heterocycles. The molecule has 7 N–H and O–H groups in total. The van der Waals surface area contributed by atoms with E-state index in [1.165, 1.54) is 19.2 Å². The van der Waals surface area contributed by atoms with Crippen LogP contribution < -0.4 is 22.5 Å². The highest BCUT2D eigenvalue weighted by atomic mass is 16.1. The second kappa shape index (κ2) is 18.8. The van der Waals surface area contributed by atoms with Crippen molar-refractivity contribution in [1.82, 2.24) is 0 Å². The highest BCUT2D eigenvalue weighted by Crippen LogP contribution is 2.08. The molecule has 0 saturated carbocycles. The fourth-order valence-electron chi connectivity index (χ4n) is 0.813. The Kier molecular flexibility index (Phi) is 21.3. The number of nitrogen functional groups attached to an aromatic ring is 1. The maximum Gasteiger partial charge on any atom is 0.142 e. The van der Waals surface area contributed by atoms with Gasteiger partial charge in [-0.1, -0.05) is 6.58 Å². The zero-order valence-corrected chi connectivity index (χ0v) is 12.3. The summed E-state index contributed by atoms with van der Waals surface area (Å²) in [4.78, 5) is 9.53. The summed E-state index contributed by atoms with van der Waals surface area (Å²) < 4.78 is 0. The standard InChI is InChI=1S/C7H10N2.C5H7NO.C2H4.CH5N/c1-9-7-4-2-6(8)3-5-7;1-5(6)3-2-4-7;2*1-2/h2-5,9H,8H2,1H3;2-4H,1,6H2;1-2H2;2H2,1H3/b;3-2-;;. The van der Waals surface area contributed by atoms with Crippen molar-refractivity contribution in [2.24, 2.45) is 11.5 Å². The van der Waals surface area contributed by atoms with E-state index in [1.807, 2.05) is 31.3 Å². The van der Waals surface area contributed by atoms with Crippen LogP contribution in [0.1, 0.15) is 0 Å². The van der Waals surface area contributed by atoms with Gasteiger partial charge in [0, 0.05) is 24.1 Å². The highest BCUT2D eigenvalue weighted by molar-refractivity contribution is 5.65. The average molecular weight is 278 g/mol. The van der Waals surface area contributed by atoms with E-state index in [0.717, 1.165) is 11.4 Å². The highest BCUT2D eigenvalue weighted by Gasteiger charge is 1.84. The lowest BCUT2D eigenvalue weighted by Gasteiger charge is -1.97. The quantitative estimate of drug-likeness (QED) is 0.222. The molecule has 0 fully saturated rings. The van der Waals surface area contributed by atoms with E-state index in [9.17, 15) is 4.79 Å². The summed E-state index contributed by atoms with van der Waals surface area (Å²) >= 11 is 0. The molecule has 0 spiro atoms. The smallest absolute Gasteiger partial charge is 0.142 e. The summed E-state index contributed by atoms with van der Waals surface area (Å²) in [5.74, 6) is 0. The number of allylic oxidation sites excluding steroid dienone is 2. The van der Waals surface area contributed by atoms with Crippen LogP contribution in [-0.2, 0) is 4.79 Å². The number of carbonyl (C=O) groups excluding carboxylic acids is 1. The largest absolute Gasteiger partial charge is 0.399 e. The van der Waals surface area contributed by atoms with Crippen LogP contribution in [0.4, 0.5) is 11.4 Å². The van der Waals surface area contributed by atoms with Crippen LogP contribution in [0, 0.1) is 0 Å². The Balaban J connectivity index is -0.000000236. The minimum absolute atomic E-state index is 0.395. The number of benzene rings is 1. The number of carbonyl (C=O) groups is 1. The third-order valence-corrected chi connectivity index (χ3v) is 1.59. The van der Waals surface area contributed by atoms with Gasteiger partial charge in [0.1, 0.15) is 6.29 Å². The minimum Gasteiger partial charge on any atom is -0.399 e. The Labute approximate surface area is 121 Å². The summed E-state index contributed by atoms with van der Waals surface area (Å²) in [6.45, 7) is 9.32. The van der Waals surface area contributed by atoms with Crippen LogP contribution in [0.2, 0.25) is 0 Å². The molecule has 20 heavy (non-hydrogen) atoms. The van der Waals surface area contributed by atoms with Gasteiger partial charge in [0.2, 0.25) is 0 Å². The Morgan fingerprint density at radius 1 is 1.20 bits per heavy atom. The van der Waals surface area contributed by atoms with Crippen LogP contribution in [0.15, 0.2) is 61.9 Å². The molecule has 0 unspecified atom stereocenters. The molecule has 0 amide bonds. The number of aldehydes is 1. The average Bonchev–Trinajstić information content (AvgIpc) is 2.50. The molecule has 0 aliphatic rings. The summed E-state index contributed by atoms with van der Waals surface area (Å²) in [5.41, 5.74) is 17.3. The van der Waals surface area contributed by atoms with Gasteiger partial charge in [-0.05, 0) is 43.5 Å². The van der Waals surface area contributed by atoms with E-state index in [1.54, 1.807) is 0 Å². The molecule has 1 aromatic rings. The molecule has 112 valence electrons. The monoisotopic (exact) mass is 278 g/mol. The first-order chi connectivity index (χ1) is 9.60. The predicted molar refractivity (Wildman–Crippen MR) is 90.3 cm³/mol. The normalized spacial score (nSPS) is 7.75. The van der Waals surface area contributed by atoms with Gasteiger partial charge in [-0.25, -0.2) is 0 Å². The molecule has 0 aromatic heterocycles. The van der Waals surface area contributed by atoms with Gasteiger partial charge >= 0.3 is 0 Å². The molecule has 0 aliphatic heterocycles. The Bertz CT molecular complexity index is 372. The summed E-state index contributed by atoms with van der Waals surface area (Å²) in [7, 11) is 3.38. The lowest BCUT2D eigenvalue weighted by atomic mass is 10.3. The third kappa shape index (κ3) is 17.9. The third-order valence-electron chi connectivity index (χ3n) is 1.59. The fraction of sp³-hybridized carbons (Fsp3) is 0.133. The van der Waals surface area contributed by atoms with Crippen molar-refractivity contribution in [1.29, 1.82) is 0 Å². The maximum absolute atomic E-state index is 9.53. The van der Waals surface area contributed by atoms with Crippen molar-refractivity contribution in [3.8, 4) is 0 Å². The number of nitrogens with two attached hydrogens (primary N) is 3.